The summed E-state index contributed by atoms with van der Waals surface area (Å²) >= 11 is 0. The minimum absolute atomic E-state index is 0. The van der Waals surface area contributed by atoms with E-state index in [1.165, 1.54) is 11.1 Å². The van der Waals surface area contributed by atoms with Crippen molar-refractivity contribution in [2.24, 2.45) is 0 Å². The Hall–Kier alpha value is -3.22. The van der Waals surface area contributed by atoms with Crippen LogP contribution in [0.15, 0.2) is 84.9 Å². The van der Waals surface area contributed by atoms with Crippen LogP contribution in [-0.2, 0) is 13.0 Å². The highest BCUT2D eigenvalue weighted by Crippen LogP contribution is 2.21. The fourth-order valence-electron chi connectivity index (χ4n) is 2.86. The second-order valence-corrected chi connectivity index (χ2v) is 6.37. The molecule has 7 heteroatoms. The SMILES string of the molecule is Cl.c1ccc(CCNCc2ccc(Oc3nnnn3-c3ccccc3)cc2)cc1. The Kier molecular flexibility index (Phi) is 7.33. The van der Waals surface area contributed by atoms with Crippen molar-refractivity contribution < 1.29 is 4.74 Å². The number of ether oxygens (including phenoxy) is 1. The van der Waals surface area contributed by atoms with Gasteiger partial charge in [-0.25, -0.2) is 0 Å². The average molecular weight is 408 g/mol. The van der Waals surface area contributed by atoms with E-state index in [9.17, 15) is 0 Å². The first-order chi connectivity index (χ1) is 13.9. The molecule has 1 aromatic heterocycles. The number of aromatic nitrogens is 4. The Morgan fingerprint density at radius 2 is 1.48 bits per heavy atom. The molecule has 0 saturated heterocycles. The Balaban J connectivity index is 0.00000240. The maximum Gasteiger partial charge on any atom is 0.345 e. The molecular formula is C22H22ClN5O. The summed E-state index contributed by atoms with van der Waals surface area (Å²) in [5.74, 6) is 0.694. The summed E-state index contributed by atoms with van der Waals surface area (Å²) in [6, 6.07) is 28.4. The van der Waals surface area contributed by atoms with Crippen molar-refractivity contribution in [3.05, 3.63) is 96.1 Å². The van der Waals surface area contributed by atoms with Gasteiger partial charge in [-0.3, -0.25) is 0 Å². The molecule has 0 radical (unpaired) electrons. The summed E-state index contributed by atoms with van der Waals surface area (Å²) in [5, 5.41) is 15.1. The van der Waals surface area contributed by atoms with Crippen molar-refractivity contribution in [2.75, 3.05) is 6.54 Å². The van der Waals surface area contributed by atoms with Gasteiger partial charge in [0, 0.05) is 6.54 Å². The molecule has 0 aliphatic heterocycles. The molecule has 4 aromatic rings. The smallest absolute Gasteiger partial charge is 0.345 e. The van der Waals surface area contributed by atoms with E-state index >= 15 is 0 Å². The van der Waals surface area contributed by atoms with Crippen LogP contribution in [0.4, 0.5) is 0 Å². The molecule has 6 nitrogen and oxygen atoms in total. The van der Waals surface area contributed by atoms with Crippen LogP contribution in [-0.4, -0.2) is 26.8 Å². The van der Waals surface area contributed by atoms with Gasteiger partial charge in [0.15, 0.2) is 0 Å². The molecule has 0 spiro atoms. The molecule has 148 valence electrons. The second-order valence-electron chi connectivity index (χ2n) is 6.37. The van der Waals surface area contributed by atoms with Crippen molar-refractivity contribution in [1.29, 1.82) is 0 Å². The monoisotopic (exact) mass is 407 g/mol. The van der Waals surface area contributed by atoms with Crippen LogP contribution < -0.4 is 10.1 Å². The first-order valence-corrected chi connectivity index (χ1v) is 9.24. The predicted molar refractivity (Wildman–Crippen MR) is 115 cm³/mol. The highest BCUT2D eigenvalue weighted by Gasteiger charge is 2.10. The zero-order valence-electron chi connectivity index (χ0n) is 15.8. The normalized spacial score (nSPS) is 10.3. The van der Waals surface area contributed by atoms with Gasteiger partial charge in [0.1, 0.15) is 5.75 Å². The van der Waals surface area contributed by atoms with E-state index in [1.807, 2.05) is 60.7 Å². The predicted octanol–water partition coefficient (Wildman–Crippen LogP) is 4.21. The van der Waals surface area contributed by atoms with Crippen LogP contribution >= 0.6 is 12.4 Å². The second kappa shape index (κ2) is 10.4. The molecule has 1 heterocycles. The topological polar surface area (TPSA) is 64.9 Å². The van der Waals surface area contributed by atoms with Crippen molar-refractivity contribution in [3.63, 3.8) is 0 Å². The number of para-hydroxylation sites is 1. The van der Waals surface area contributed by atoms with E-state index in [0.717, 1.165) is 25.2 Å². The maximum absolute atomic E-state index is 5.85. The van der Waals surface area contributed by atoms with Gasteiger partial charge < -0.3 is 10.1 Å². The van der Waals surface area contributed by atoms with Gasteiger partial charge in [-0.05, 0) is 58.8 Å². The van der Waals surface area contributed by atoms with Crippen LogP contribution in [0, 0.1) is 0 Å². The van der Waals surface area contributed by atoms with E-state index in [0.29, 0.717) is 11.8 Å². The number of rotatable bonds is 8. The number of nitrogens with one attached hydrogen (secondary N) is 1. The number of hydrogen-bond acceptors (Lipinski definition) is 5. The Bertz CT molecular complexity index is 991. The standard InChI is InChI=1S/C22H21N5O.ClH/c1-3-7-18(8-4-1)15-16-23-17-19-11-13-21(14-12-19)28-22-24-25-26-27(22)20-9-5-2-6-10-20;/h1-14,23H,15-17H2;1H. The van der Waals surface area contributed by atoms with Crippen molar-refractivity contribution in [1.82, 2.24) is 25.5 Å². The lowest BCUT2D eigenvalue weighted by Gasteiger charge is -2.08. The number of halogens is 1. The van der Waals surface area contributed by atoms with Gasteiger partial charge in [-0.1, -0.05) is 65.8 Å². The molecule has 0 amide bonds. The lowest BCUT2D eigenvalue weighted by atomic mass is 10.1. The van der Waals surface area contributed by atoms with E-state index < -0.39 is 0 Å². The summed E-state index contributed by atoms with van der Waals surface area (Å²) in [4.78, 5) is 0. The Labute approximate surface area is 175 Å². The molecule has 4 rings (SSSR count). The summed E-state index contributed by atoms with van der Waals surface area (Å²) in [6.45, 7) is 1.75. The number of benzene rings is 3. The Morgan fingerprint density at radius 3 is 2.21 bits per heavy atom. The van der Waals surface area contributed by atoms with Crippen LogP contribution in [0.25, 0.3) is 5.69 Å². The maximum atomic E-state index is 5.85. The van der Waals surface area contributed by atoms with Crippen LogP contribution in [0.1, 0.15) is 11.1 Å². The number of tetrazole rings is 1. The molecule has 1 N–H and O–H groups in total. The van der Waals surface area contributed by atoms with Crippen molar-refractivity contribution in [2.45, 2.75) is 13.0 Å². The molecule has 0 saturated carbocycles. The van der Waals surface area contributed by atoms with E-state index in [2.05, 4.69) is 45.1 Å². The molecule has 0 fully saturated rings. The van der Waals surface area contributed by atoms with Crippen molar-refractivity contribution in [3.8, 4) is 17.4 Å². The third-order valence-electron chi connectivity index (χ3n) is 4.34. The van der Waals surface area contributed by atoms with E-state index in [4.69, 9.17) is 4.74 Å². The van der Waals surface area contributed by atoms with E-state index in [1.54, 1.807) is 4.68 Å². The number of hydrogen-bond donors (Lipinski definition) is 1. The van der Waals surface area contributed by atoms with Gasteiger partial charge in [0.25, 0.3) is 0 Å². The lowest BCUT2D eigenvalue weighted by molar-refractivity contribution is 0.427. The molecule has 3 aromatic carbocycles. The van der Waals surface area contributed by atoms with Gasteiger partial charge in [-0.2, -0.15) is 4.68 Å². The zero-order valence-corrected chi connectivity index (χ0v) is 16.6. The highest BCUT2D eigenvalue weighted by atomic mass is 35.5. The van der Waals surface area contributed by atoms with Gasteiger partial charge in [0.05, 0.1) is 5.69 Å². The lowest BCUT2D eigenvalue weighted by Crippen LogP contribution is -2.16. The van der Waals surface area contributed by atoms with Gasteiger partial charge in [-0.15, -0.1) is 12.4 Å². The van der Waals surface area contributed by atoms with Crippen LogP contribution in [0.5, 0.6) is 11.8 Å². The summed E-state index contributed by atoms with van der Waals surface area (Å²) < 4.78 is 7.42. The molecule has 0 atom stereocenters. The molecule has 0 bridgehead atoms. The summed E-state index contributed by atoms with van der Waals surface area (Å²) in [6.07, 6.45) is 1.02. The highest BCUT2D eigenvalue weighted by molar-refractivity contribution is 5.85. The summed E-state index contributed by atoms with van der Waals surface area (Å²) in [7, 11) is 0. The third kappa shape index (κ3) is 5.63. The molecule has 0 aliphatic carbocycles. The fourth-order valence-corrected chi connectivity index (χ4v) is 2.86. The van der Waals surface area contributed by atoms with E-state index in [-0.39, 0.29) is 12.4 Å². The first-order valence-electron chi connectivity index (χ1n) is 9.24. The quantitative estimate of drug-likeness (QED) is 0.443. The fraction of sp³-hybridized carbons (Fsp3) is 0.136. The van der Waals surface area contributed by atoms with Crippen LogP contribution in [0.3, 0.4) is 0 Å². The number of nitrogens with zero attached hydrogens (tertiary/aromatic N) is 4. The van der Waals surface area contributed by atoms with Gasteiger partial charge in [0.2, 0.25) is 0 Å². The average Bonchev–Trinajstić information content (AvgIpc) is 3.22. The molecular weight excluding hydrogens is 386 g/mol. The molecule has 29 heavy (non-hydrogen) atoms. The van der Waals surface area contributed by atoms with Gasteiger partial charge >= 0.3 is 6.01 Å². The van der Waals surface area contributed by atoms with Crippen LogP contribution in [0.2, 0.25) is 0 Å². The largest absolute Gasteiger partial charge is 0.423 e. The Morgan fingerprint density at radius 1 is 0.793 bits per heavy atom. The minimum Gasteiger partial charge on any atom is -0.423 e. The molecule has 0 aliphatic rings. The minimum atomic E-state index is 0. The zero-order chi connectivity index (χ0) is 19.0. The van der Waals surface area contributed by atoms with Crippen molar-refractivity contribution >= 4 is 12.4 Å². The molecule has 0 unspecified atom stereocenters. The summed E-state index contributed by atoms with van der Waals surface area (Å²) in [5.41, 5.74) is 3.39. The third-order valence-corrected chi connectivity index (χ3v) is 4.34. The first kappa shape index (κ1) is 20.5.